The van der Waals surface area contributed by atoms with Crippen LogP contribution in [0.3, 0.4) is 0 Å². The van der Waals surface area contributed by atoms with Crippen molar-refractivity contribution in [3.05, 3.63) is 0 Å². The monoisotopic (exact) mass is 466 g/mol. The Bertz CT molecular complexity index is 600. The maximum atomic E-state index is 12.4. The third-order valence-electron chi connectivity index (χ3n) is 5.14. The average molecular weight is 467 g/mol. The molecule has 31 heavy (non-hydrogen) atoms. The van der Waals surface area contributed by atoms with E-state index in [0.717, 1.165) is 6.16 Å². The zero-order chi connectivity index (χ0) is 24.2. The second-order valence-electron chi connectivity index (χ2n) is 9.15. The van der Waals surface area contributed by atoms with Crippen LogP contribution in [0.15, 0.2) is 0 Å². The Hall–Kier alpha value is -1.73. The van der Waals surface area contributed by atoms with Crippen molar-refractivity contribution in [1.82, 2.24) is 0 Å². The molecule has 0 saturated heterocycles. The standard InChI is InChI=1S/C21H39O9P/c1-6-15(21(28)30-9-10-31(3,4)5)12-17(19(25)26)13-16(18(23)24)11-14(2)20(27)29-8-7-22/h14-17,22,31H,6-13H2,1-5H3,(H,23,24)(H,25,26). The van der Waals surface area contributed by atoms with Gasteiger partial charge in [-0.1, -0.05) is 0 Å². The van der Waals surface area contributed by atoms with Crippen molar-refractivity contribution >= 4 is 31.1 Å². The number of ether oxygens (including phenoxy) is 2. The molecule has 0 aliphatic carbocycles. The molecule has 0 spiro atoms. The number of carboxylic acids is 2. The Morgan fingerprint density at radius 1 is 0.806 bits per heavy atom. The minimum absolute atomic E-state index is 0.0231. The molecule has 10 heteroatoms. The SMILES string of the molecule is CCC(CC(CC(CC(C)C(=O)OCCO)C(=O)O)C(=O)O)C(=O)OCC[PH](C)(C)C. The van der Waals surface area contributed by atoms with Crippen molar-refractivity contribution < 1.29 is 44.0 Å². The second kappa shape index (κ2) is 14.4. The number of hydrogen-bond donors (Lipinski definition) is 3. The van der Waals surface area contributed by atoms with Crippen molar-refractivity contribution in [3.63, 3.8) is 0 Å². The zero-order valence-corrected chi connectivity index (χ0v) is 20.3. The summed E-state index contributed by atoms with van der Waals surface area (Å²) in [7, 11) is -1.38. The van der Waals surface area contributed by atoms with Crippen LogP contribution < -0.4 is 0 Å². The number of rotatable bonds is 16. The van der Waals surface area contributed by atoms with Gasteiger partial charge in [0.2, 0.25) is 0 Å². The van der Waals surface area contributed by atoms with Crippen LogP contribution in [0.25, 0.3) is 0 Å². The van der Waals surface area contributed by atoms with Gasteiger partial charge in [-0.05, 0) is 0 Å². The molecular formula is C21H39O9P. The normalized spacial score (nSPS) is 15.9. The van der Waals surface area contributed by atoms with E-state index in [2.05, 4.69) is 20.0 Å². The third kappa shape index (κ3) is 12.7. The Balaban J connectivity index is 5.07. The van der Waals surface area contributed by atoms with E-state index < -0.39 is 54.8 Å². The van der Waals surface area contributed by atoms with Gasteiger partial charge in [-0.15, -0.1) is 0 Å². The van der Waals surface area contributed by atoms with Gasteiger partial charge in [0.25, 0.3) is 0 Å². The molecule has 0 saturated carbocycles. The van der Waals surface area contributed by atoms with Crippen molar-refractivity contribution in [3.8, 4) is 0 Å². The van der Waals surface area contributed by atoms with Crippen LogP contribution in [0, 0.1) is 23.7 Å². The molecule has 9 nitrogen and oxygen atoms in total. The van der Waals surface area contributed by atoms with Crippen LogP contribution in [-0.2, 0) is 28.7 Å². The van der Waals surface area contributed by atoms with Crippen molar-refractivity contribution in [2.45, 2.75) is 39.5 Å². The predicted octanol–water partition coefficient (Wildman–Crippen LogP) is 1.94. The first kappa shape index (κ1) is 29.3. The van der Waals surface area contributed by atoms with E-state index in [-0.39, 0.29) is 32.5 Å². The van der Waals surface area contributed by atoms with Crippen LogP contribution >= 0.6 is 7.26 Å². The van der Waals surface area contributed by atoms with E-state index in [9.17, 15) is 29.4 Å². The predicted molar refractivity (Wildman–Crippen MR) is 119 cm³/mol. The van der Waals surface area contributed by atoms with E-state index in [1.807, 2.05) is 0 Å². The zero-order valence-electron chi connectivity index (χ0n) is 19.3. The van der Waals surface area contributed by atoms with E-state index in [0.29, 0.717) is 13.0 Å². The van der Waals surface area contributed by atoms with Crippen LogP contribution in [0.1, 0.15) is 39.5 Å². The maximum absolute atomic E-state index is 12.4. The fourth-order valence-corrected chi connectivity index (χ4v) is 3.81. The fraction of sp³-hybridized carbons (Fsp3) is 0.810. The van der Waals surface area contributed by atoms with Gasteiger partial charge >= 0.3 is 156 Å². The molecule has 0 aromatic carbocycles. The molecule has 0 heterocycles. The molecule has 0 amide bonds. The Morgan fingerprint density at radius 3 is 1.74 bits per heavy atom. The number of aliphatic hydroxyl groups excluding tert-OH is 1. The summed E-state index contributed by atoms with van der Waals surface area (Å²) in [6, 6.07) is 0. The van der Waals surface area contributed by atoms with Gasteiger partial charge in [-0.25, -0.2) is 0 Å². The number of aliphatic hydroxyl groups is 1. The first-order valence-electron chi connectivity index (χ1n) is 10.7. The van der Waals surface area contributed by atoms with E-state index in [1.165, 1.54) is 6.92 Å². The molecule has 0 rings (SSSR count). The molecule has 0 radical (unpaired) electrons. The Morgan fingerprint density at radius 2 is 1.29 bits per heavy atom. The molecule has 182 valence electrons. The van der Waals surface area contributed by atoms with Crippen molar-refractivity contribution in [1.29, 1.82) is 0 Å². The fourth-order valence-electron chi connectivity index (χ4n) is 3.10. The van der Waals surface area contributed by atoms with Gasteiger partial charge in [0, 0.05) is 0 Å². The van der Waals surface area contributed by atoms with Gasteiger partial charge in [0.1, 0.15) is 6.61 Å². The van der Waals surface area contributed by atoms with Crippen LogP contribution in [0.5, 0.6) is 0 Å². The second-order valence-corrected chi connectivity index (χ2v) is 14.8. The Labute approximate surface area is 184 Å². The summed E-state index contributed by atoms with van der Waals surface area (Å²) < 4.78 is 10.1. The molecule has 4 atom stereocenters. The summed E-state index contributed by atoms with van der Waals surface area (Å²) in [5.74, 6) is -7.05. The molecular weight excluding hydrogens is 427 g/mol. The molecule has 0 bridgehead atoms. The van der Waals surface area contributed by atoms with Gasteiger partial charge < -0.3 is 9.84 Å². The van der Waals surface area contributed by atoms with Crippen LogP contribution in [-0.4, -0.2) is 85.2 Å². The first-order valence-corrected chi connectivity index (χ1v) is 14.4. The van der Waals surface area contributed by atoms with E-state index in [4.69, 9.17) is 14.6 Å². The topological polar surface area (TPSA) is 147 Å². The van der Waals surface area contributed by atoms with Crippen LogP contribution in [0.2, 0.25) is 0 Å². The summed E-state index contributed by atoms with van der Waals surface area (Å²) in [5.41, 5.74) is 0. The summed E-state index contributed by atoms with van der Waals surface area (Å²) >= 11 is 0. The van der Waals surface area contributed by atoms with Gasteiger partial charge in [0.15, 0.2) is 0 Å². The van der Waals surface area contributed by atoms with Gasteiger partial charge in [0.05, 0.1) is 6.61 Å². The number of aliphatic carboxylic acids is 2. The number of carbonyl (C=O) groups excluding carboxylic acids is 2. The summed E-state index contributed by atoms with van der Waals surface area (Å²) in [4.78, 5) is 47.7. The van der Waals surface area contributed by atoms with Gasteiger partial charge in [-0.2, -0.15) is 0 Å². The summed E-state index contributed by atoms with van der Waals surface area (Å²) in [6.45, 7) is 9.51. The van der Waals surface area contributed by atoms with Crippen molar-refractivity contribution in [2.24, 2.45) is 23.7 Å². The molecule has 0 aliphatic heterocycles. The first-order chi connectivity index (χ1) is 14.3. The number of carboxylic acid groups (broad SMARTS) is 2. The molecule has 0 aromatic rings. The minimum atomic E-state index is -1.38. The quantitative estimate of drug-likeness (QED) is 0.229. The molecule has 4 unspecified atom stereocenters. The molecule has 0 fully saturated rings. The Kier molecular flexibility index (Phi) is 13.6. The van der Waals surface area contributed by atoms with Crippen molar-refractivity contribution in [2.75, 3.05) is 46.0 Å². The van der Waals surface area contributed by atoms with Gasteiger partial charge in [-0.3, -0.25) is 4.79 Å². The molecule has 0 aromatic heterocycles. The van der Waals surface area contributed by atoms with E-state index >= 15 is 0 Å². The third-order valence-corrected chi connectivity index (χ3v) is 6.84. The van der Waals surface area contributed by atoms with Crippen LogP contribution in [0.4, 0.5) is 0 Å². The molecule has 3 N–H and O–H groups in total. The number of hydrogen-bond acceptors (Lipinski definition) is 7. The summed E-state index contributed by atoms with van der Waals surface area (Å²) in [6.07, 6.45) is 0.868. The van der Waals surface area contributed by atoms with E-state index in [1.54, 1.807) is 6.92 Å². The summed E-state index contributed by atoms with van der Waals surface area (Å²) in [5, 5.41) is 27.9. The number of carbonyl (C=O) groups is 4. The number of esters is 2. The molecule has 0 aliphatic rings. The average Bonchev–Trinajstić information content (AvgIpc) is 2.66.